The maximum absolute atomic E-state index is 6.57. The van der Waals surface area contributed by atoms with Gasteiger partial charge in [0.25, 0.3) is 0 Å². The Labute approximate surface area is 325 Å². The quantitative estimate of drug-likeness (QED) is 0.170. The third-order valence-corrected chi connectivity index (χ3v) is 10.3. The van der Waals surface area contributed by atoms with Gasteiger partial charge in [-0.05, 0) is 76.9 Å². The van der Waals surface area contributed by atoms with Crippen molar-refractivity contribution in [3.63, 3.8) is 0 Å². The van der Waals surface area contributed by atoms with Crippen molar-refractivity contribution in [1.29, 1.82) is 0 Å². The summed E-state index contributed by atoms with van der Waals surface area (Å²) in [5.41, 5.74) is 12.4. The monoisotopic (exact) mass is 720 g/mol. The van der Waals surface area contributed by atoms with E-state index in [0.29, 0.717) is 5.84 Å². The summed E-state index contributed by atoms with van der Waals surface area (Å²) in [5.74, 6) is 1.46. The number of nitrogens with one attached hydrogen (secondary N) is 1. The van der Waals surface area contributed by atoms with Crippen molar-refractivity contribution >= 4 is 50.7 Å². The number of para-hydroxylation sites is 2. The van der Waals surface area contributed by atoms with Crippen LogP contribution in [0.1, 0.15) is 22.9 Å². The van der Waals surface area contributed by atoms with Crippen LogP contribution in [0, 0.1) is 0 Å². The maximum Gasteiger partial charge on any atom is 0.159 e. The molecule has 0 bridgehead atoms. The van der Waals surface area contributed by atoms with E-state index < -0.39 is 6.17 Å². The van der Waals surface area contributed by atoms with Gasteiger partial charge in [-0.25, -0.2) is 9.98 Å². The number of fused-ring (bicyclic) bond motifs is 3. The molecule has 0 saturated carbocycles. The van der Waals surface area contributed by atoms with Crippen LogP contribution >= 0.6 is 0 Å². The zero-order valence-electron chi connectivity index (χ0n) is 30.5. The van der Waals surface area contributed by atoms with Crippen LogP contribution < -0.4 is 10.2 Å². The second-order valence-corrected chi connectivity index (χ2v) is 13.9. The fourth-order valence-corrected chi connectivity index (χ4v) is 7.59. The Morgan fingerprint density at radius 3 is 1.62 bits per heavy atom. The van der Waals surface area contributed by atoms with E-state index in [1.54, 1.807) is 0 Å². The van der Waals surface area contributed by atoms with Crippen LogP contribution in [0.5, 0.6) is 0 Å². The molecular formula is C51H36N4O. The molecule has 56 heavy (non-hydrogen) atoms. The van der Waals surface area contributed by atoms with Crippen LogP contribution in [0.2, 0.25) is 0 Å². The van der Waals surface area contributed by atoms with Gasteiger partial charge in [-0.1, -0.05) is 152 Å². The van der Waals surface area contributed by atoms with E-state index in [9.17, 15) is 0 Å². The highest BCUT2D eigenvalue weighted by molar-refractivity contribution is 6.14. The van der Waals surface area contributed by atoms with Crippen LogP contribution in [0.15, 0.2) is 221 Å². The van der Waals surface area contributed by atoms with Gasteiger partial charge in [-0.3, -0.25) is 0 Å². The largest absolute Gasteiger partial charge is 0.456 e. The van der Waals surface area contributed by atoms with Gasteiger partial charge >= 0.3 is 0 Å². The lowest BCUT2D eigenvalue weighted by Crippen LogP contribution is -2.33. The summed E-state index contributed by atoms with van der Waals surface area (Å²) in [5, 5.41) is 5.81. The lowest BCUT2D eigenvalue weighted by Gasteiger charge is -2.26. The minimum Gasteiger partial charge on any atom is -0.456 e. The highest BCUT2D eigenvalue weighted by Gasteiger charge is 2.24. The number of hydrogen-bond acceptors (Lipinski definition) is 5. The number of hydrogen-bond donors (Lipinski definition) is 1. The molecule has 1 aliphatic heterocycles. The molecule has 5 nitrogen and oxygen atoms in total. The molecule has 1 aliphatic rings. The predicted molar refractivity (Wildman–Crippen MR) is 231 cm³/mol. The van der Waals surface area contributed by atoms with Crippen molar-refractivity contribution in [3.05, 3.63) is 223 Å². The molecule has 1 N–H and O–H groups in total. The Morgan fingerprint density at radius 2 is 0.964 bits per heavy atom. The fraction of sp³-hybridized carbons (Fsp3) is 0.0196. The van der Waals surface area contributed by atoms with Crippen LogP contribution in [0.4, 0.5) is 17.1 Å². The lowest BCUT2D eigenvalue weighted by molar-refractivity contribution is 0.655. The summed E-state index contributed by atoms with van der Waals surface area (Å²) in [4.78, 5) is 12.5. The molecule has 1 unspecified atom stereocenters. The molecule has 0 saturated heterocycles. The Balaban J connectivity index is 1.08. The van der Waals surface area contributed by atoms with Crippen LogP contribution in [0.3, 0.4) is 0 Å². The smallest absolute Gasteiger partial charge is 0.159 e. The normalized spacial score (nSPS) is 13.9. The van der Waals surface area contributed by atoms with Gasteiger partial charge in [0.2, 0.25) is 0 Å². The Morgan fingerprint density at radius 1 is 0.446 bits per heavy atom. The predicted octanol–water partition coefficient (Wildman–Crippen LogP) is 12.9. The van der Waals surface area contributed by atoms with Crippen LogP contribution in [0.25, 0.3) is 44.2 Å². The minimum absolute atomic E-state index is 0.402. The van der Waals surface area contributed by atoms with E-state index >= 15 is 0 Å². The van der Waals surface area contributed by atoms with Crippen LogP contribution in [-0.2, 0) is 0 Å². The number of furan rings is 1. The van der Waals surface area contributed by atoms with Gasteiger partial charge in [-0.15, -0.1) is 0 Å². The zero-order valence-corrected chi connectivity index (χ0v) is 30.5. The molecule has 10 rings (SSSR count). The second kappa shape index (κ2) is 14.4. The molecule has 9 aromatic rings. The molecular weight excluding hydrogens is 685 g/mol. The van der Waals surface area contributed by atoms with E-state index in [1.165, 1.54) is 11.1 Å². The third kappa shape index (κ3) is 6.31. The maximum atomic E-state index is 6.57. The standard InChI is InChI=1S/C51H36N4O/c1-5-15-35(16-6-1)36-25-29-42(30-26-36)55(41-21-11-4-12-22-41)43-31-27-37(28-32-43)45-33-40(34-47-48(45)44-23-13-14-24-46(44)56-47)51-53-49(38-17-7-2-8-18-38)52-50(54-51)39-19-9-3-10-20-39/h1-34,51H,(H,52,53,54). The van der Waals surface area contributed by atoms with E-state index in [0.717, 1.165) is 72.7 Å². The van der Waals surface area contributed by atoms with E-state index in [1.807, 2.05) is 54.6 Å². The van der Waals surface area contributed by atoms with Gasteiger partial charge < -0.3 is 14.6 Å². The number of rotatable bonds is 8. The summed E-state index contributed by atoms with van der Waals surface area (Å²) in [6.07, 6.45) is -0.402. The molecule has 5 heteroatoms. The molecule has 1 atom stereocenters. The summed E-state index contributed by atoms with van der Waals surface area (Å²) < 4.78 is 6.57. The van der Waals surface area contributed by atoms with E-state index in [2.05, 4.69) is 162 Å². The van der Waals surface area contributed by atoms with Gasteiger partial charge in [0, 0.05) is 44.5 Å². The van der Waals surface area contributed by atoms with E-state index in [4.69, 9.17) is 14.4 Å². The average Bonchev–Trinajstić information content (AvgIpc) is 3.67. The van der Waals surface area contributed by atoms with E-state index in [-0.39, 0.29) is 0 Å². The van der Waals surface area contributed by atoms with Crippen LogP contribution in [-0.4, -0.2) is 11.7 Å². The van der Waals surface area contributed by atoms with Crippen molar-refractivity contribution in [2.45, 2.75) is 6.17 Å². The molecule has 1 aromatic heterocycles. The number of aliphatic imine (C=N–C) groups is 2. The van der Waals surface area contributed by atoms with Gasteiger partial charge in [0.1, 0.15) is 23.2 Å². The molecule has 266 valence electrons. The second-order valence-electron chi connectivity index (χ2n) is 13.9. The molecule has 0 amide bonds. The van der Waals surface area contributed by atoms with Crippen molar-refractivity contribution < 1.29 is 4.42 Å². The zero-order chi connectivity index (χ0) is 37.3. The topological polar surface area (TPSA) is 53.1 Å². The highest BCUT2D eigenvalue weighted by Crippen LogP contribution is 2.41. The Bertz CT molecular complexity index is 2850. The lowest BCUT2D eigenvalue weighted by atomic mass is 9.95. The SMILES string of the molecule is c1ccc(C2=NC(c3cc(-c4ccc(N(c5ccccc5)c5ccc(-c6ccccc6)cc5)cc4)c4c(c3)oc3ccccc34)NC(c3ccccc3)=N2)cc1. The summed E-state index contributed by atoms with van der Waals surface area (Å²) in [7, 11) is 0. The third-order valence-electron chi connectivity index (χ3n) is 10.3. The van der Waals surface area contributed by atoms with Crippen molar-refractivity contribution in [1.82, 2.24) is 5.32 Å². The van der Waals surface area contributed by atoms with Gasteiger partial charge in [0.05, 0.1) is 0 Å². The summed E-state index contributed by atoms with van der Waals surface area (Å²) in [6, 6.07) is 71.7. The molecule has 2 heterocycles. The highest BCUT2D eigenvalue weighted by atomic mass is 16.3. The number of anilines is 3. The first kappa shape index (κ1) is 33.1. The summed E-state index contributed by atoms with van der Waals surface area (Å²) in [6.45, 7) is 0. The first-order chi connectivity index (χ1) is 27.7. The summed E-state index contributed by atoms with van der Waals surface area (Å²) >= 11 is 0. The first-order valence-corrected chi connectivity index (χ1v) is 18.9. The molecule has 0 radical (unpaired) electrons. The fourth-order valence-electron chi connectivity index (χ4n) is 7.59. The Kier molecular flexibility index (Phi) is 8.50. The van der Waals surface area contributed by atoms with Gasteiger partial charge in [0.15, 0.2) is 5.84 Å². The number of amidine groups is 2. The number of nitrogens with zero attached hydrogens (tertiary/aromatic N) is 3. The van der Waals surface area contributed by atoms with Crippen molar-refractivity contribution in [2.75, 3.05) is 4.90 Å². The Hall–Kier alpha value is -7.50. The first-order valence-electron chi connectivity index (χ1n) is 18.9. The molecule has 0 spiro atoms. The van der Waals surface area contributed by atoms with Crippen molar-refractivity contribution in [2.24, 2.45) is 9.98 Å². The minimum atomic E-state index is -0.402. The average molecular weight is 721 g/mol. The molecule has 0 fully saturated rings. The van der Waals surface area contributed by atoms with Crippen molar-refractivity contribution in [3.8, 4) is 22.3 Å². The van der Waals surface area contributed by atoms with Gasteiger partial charge in [-0.2, -0.15) is 0 Å². The number of benzene rings is 8. The molecule has 8 aromatic carbocycles. The molecule has 0 aliphatic carbocycles.